The van der Waals surface area contributed by atoms with E-state index in [4.69, 9.17) is 4.74 Å². The van der Waals surface area contributed by atoms with Crippen molar-refractivity contribution in [1.29, 1.82) is 0 Å². The van der Waals surface area contributed by atoms with Crippen LogP contribution in [0.15, 0.2) is 72.0 Å². The highest BCUT2D eigenvalue weighted by molar-refractivity contribution is 7.98. The van der Waals surface area contributed by atoms with E-state index >= 15 is 0 Å². The monoisotopic (exact) mass is 627 g/mol. The van der Waals surface area contributed by atoms with Gasteiger partial charge in [0.15, 0.2) is 0 Å². The topological polar surface area (TPSA) is 123 Å². The summed E-state index contributed by atoms with van der Waals surface area (Å²) < 4.78 is 8.66. The second-order valence-electron chi connectivity index (χ2n) is 10.6. The number of nitrogens with zero attached hydrogens (tertiary/aromatic N) is 4. The van der Waals surface area contributed by atoms with E-state index in [1.54, 1.807) is 71.7 Å². The highest BCUT2D eigenvalue weighted by Gasteiger charge is 2.18. The van der Waals surface area contributed by atoms with Crippen molar-refractivity contribution in [3.8, 4) is 0 Å². The van der Waals surface area contributed by atoms with Gasteiger partial charge in [-0.1, -0.05) is 18.2 Å². The molecule has 1 saturated heterocycles. The molecule has 0 atom stereocenters. The number of nitrogens with one attached hydrogen (secondary N) is 3. The van der Waals surface area contributed by atoms with Crippen LogP contribution >= 0.6 is 11.8 Å². The average molecular weight is 628 g/mol. The smallest absolute Gasteiger partial charge is 0.272 e. The molecule has 0 spiro atoms. The van der Waals surface area contributed by atoms with E-state index in [1.807, 2.05) is 30.5 Å². The number of hydrogen-bond acceptors (Lipinski definition) is 7. The summed E-state index contributed by atoms with van der Waals surface area (Å²) in [5.74, 6) is -0.922. The van der Waals surface area contributed by atoms with Crippen molar-refractivity contribution >= 4 is 53.0 Å². The Morgan fingerprint density at radius 2 is 1.51 bits per heavy atom. The molecule has 5 rings (SSSR count). The van der Waals surface area contributed by atoms with Gasteiger partial charge in [-0.05, 0) is 54.3 Å². The Morgan fingerprint density at radius 1 is 0.867 bits per heavy atom. The largest absolute Gasteiger partial charge is 0.379 e. The number of ether oxygens (including phenoxy) is 1. The van der Waals surface area contributed by atoms with Crippen molar-refractivity contribution in [3.05, 3.63) is 95.3 Å². The van der Waals surface area contributed by atoms with E-state index in [-0.39, 0.29) is 17.7 Å². The molecule has 0 radical (unpaired) electrons. The summed E-state index contributed by atoms with van der Waals surface area (Å²) >= 11 is 1.70. The Morgan fingerprint density at radius 3 is 2.13 bits per heavy atom. The quantitative estimate of drug-likeness (QED) is 0.213. The molecule has 45 heavy (non-hydrogen) atoms. The van der Waals surface area contributed by atoms with E-state index in [0.29, 0.717) is 48.1 Å². The first-order valence-electron chi connectivity index (χ1n) is 14.6. The van der Waals surface area contributed by atoms with Crippen LogP contribution in [0.25, 0.3) is 12.2 Å². The molecule has 1 fully saturated rings. The highest BCUT2D eigenvalue weighted by atomic mass is 32.2. The standard InChI is InChI=1S/C33H37N7O4S/c1-38-22-27(18-29(38)32(42)34-12-13-40-14-16-44-17-15-40)37-33(43)30-19-26(21-39(30)2)36-31(41)24-7-9-25(35-20-24)8-4-23-5-10-28(45-3)11-6-23/h4-11,18-22H,12-17H2,1-3H3,(H,34,42)(H,36,41)(H,37,43)/b8-4+. The molecule has 4 heterocycles. The molecule has 0 aliphatic carbocycles. The van der Waals surface area contributed by atoms with Crippen LogP contribution in [0.1, 0.15) is 42.6 Å². The van der Waals surface area contributed by atoms with Crippen molar-refractivity contribution in [3.63, 3.8) is 0 Å². The average Bonchev–Trinajstić information content (AvgIpc) is 3.61. The fraction of sp³-hybridized carbons (Fsp3) is 0.273. The summed E-state index contributed by atoms with van der Waals surface area (Å²) in [6.45, 7) is 4.41. The summed E-state index contributed by atoms with van der Waals surface area (Å²) in [4.78, 5) is 46.6. The molecule has 11 nitrogen and oxygen atoms in total. The van der Waals surface area contributed by atoms with E-state index in [9.17, 15) is 14.4 Å². The number of amides is 3. The van der Waals surface area contributed by atoms with E-state index in [2.05, 4.69) is 38.0 Å². The van der Waals surface area contributed by atoms with Crippen LogP contribution in [0.3, 0.4) is 0 Å². The minimum absolute atomic E-state index is 0.213. The number of aryl methyl sites for hydroxylation is 2. The van der Waals surface area contributed by atoms with Crippen LogP contribution in [0.4, 0.5) is 11.4 Å². The van der Waals surface area contributed by atoms with Gasteiger partial charge >= 0.3 is 0 Å². The maximum absolute atomic E-state index is 13.1. The molecule has 0 bridgehead atoms. The molecule has 3 N–H and O–H groups in total. The first kappa shape index (κ1) is 31.8. The third kappa shape index (κ3) is 8.50. The minimum atomic E-state index is -0.372. The molecule has 12 heteroatoms. The van der Waals surface area contributed by atoms with Gasteiger partial charge in [0, 0.05) is 63.8 Å². The zero-order valence-corrected chi connectivity index (χ0v) is 26.4. The third-order valence-corrected chi connectivity index (χ3v) is 8.16. The zero-order chi connectivity index (χ0) is 31.8. The van der Waals surface area contributed by atoms with E-state index < -0.39 is 0 Å². The van der Waals surface area contributed by atoms with Gasteiger partial charge in [0.2, 0.25) is 0 Å². The molecule has 3 aromatic heterocycles. The van der Waals surface area contributed by atoms with Crippen LogP contribution in [0.2, 0.25) is 0 Å². The van der Waals surface area contributed by atoms with Gasteiger partial charge in [-0.2, -0.15) is 0 Å². The van der Waals surface area contributed by atoms with Gasteiger partial charge in [-0.15, -0.1) is 11.8 Å². The van der Waals surface area contributed by atoms with Crippen molar-refractivity contribution in [1.82, 2.24) is 24.3 Å². The number of carbonyl (C=O) groups excluding carboxylic acids is 3. The maximum atomic E-state index is 13.1. The molecular weight excluding hydrogens is 590 g/mol. The molecule has 4 aromatic rings. The van der Waals surface area contributed by atoms with Gasteiger partial charge < -0.3 is 29.8 Å². The van der Waals surface area contributed by atoms with Crippen molar-refractivity contribution in [2.75, 3.05) is 56.3 Å². The fourth-order valence-corrected chi connectivity index (χ4v) is 5.30. The molecule has 1 aliphatic heterocycles. The number of benzene rings is 1. The van der Waals surface area contributed by atoms with E-state index in [0.717, 1.165) is 30.9 Å². The predicted octanol–water partition coefficient (Wildman–Crippen LogP) is 4.22. The summed E-state index contributed by atoms with van der Waals surface area (Å²) in [6, 6.07) is 15.0. The van der Waals surface area contributed by atoms with Crippen LogP contribution in [-0.4, -0.2) is 82.4 Å². The van der Waals surface area contributed by atoms with Gasteiger partial charge in [0.1, 0.15) is 11.4 Å². The lowest BCUT2D eigenvalue weighted by atomic mass is 10.2. The second-order valence-corrected chi connectivity index (χ2v) is 11.5. The molecule has 1 aromatic carbocycles. The van der Waals surface area contributed by atoms with E-state index in [1.165, 1.54) is 11.1 Å². The Kier molecular flexibility index (Phi) is 10.5. The highest BCUT2D eigenvalue weighted by Crippen LogP contribution is 2.19. The van der Waals surface area contributed by atoms with Crippen LogP contribution in [0.5, 0.6) is 0 Å². The summed E-state index contributed by atoms with van der Waals surface area (Å²) in [7, 11) is 3.48. The Balaban J connectivity index is 1.14. The first-order valence-corrected chi connectivity index (χ1v) is 15.8. The SMILES string of the molecule is CSc1ccc(/C=C/c2ccc(C(=O)Nc3cc(C(=O)Nc4cc(C(=O)NCCN5CCOCC5)n(C)c4)n(C)c3)cn2)cc1. The van der Waals surface area contributed by atoms with Crippen LogP contribution < -0.4 is 16.0 Å². The van der Waals surface area contributed by atoms with Crippen LogP contribution in [0, 0.1) is 0 Å². The number of anilines is 2. The van der Waals surface area contributed by atoms with Gasteiger partial charge in [0.05, 0.1) is 35.8 Å². The summed E-state index contributed by atoms with van der Waals surface area (Å²) in [6.07, 6.45) is 10.8. The normalized spacial score (nSPS) is 13.6. The Labute approximate surface area is 266 Å². The predicted molar refractivity (Wildman–Crippen MR) is 178 cm³/mol. The number of hydrogen-bond donors (Lipinski definition) is 3. The molecular formula is C33H37N7O4S. The molecule has 1 aliphatic rings. The fourth-order valence-electron chi connectivity index (χ4n) is 4.89. The molecule has 3 amide bonds. The maximum Gasteiger partial charge on any atom is 0.272 e. The summed E-state index contributed by atoms with van der Waals surface area (Å²) in [5.41, 5.74) is 3.93. The second kappa shape index (κ2) is 14.9. The van der Waals surface area contributed by atoms with Gasteiger partial charge in [-0.3, -0.25) is 24.3 Å². The Hall–Kier alpha value is -4.65. The third-order valence-electron chi connectivity index (χ3n) is 7.42. The van der Waals surface area contributed by atoms with Gasteiger partial charge in [0.25, 0.3) is 17.7 Å². The molecule has 0 saturated carbocycles. The van der Waals surface area contributed by atoms with Crippen molar-refractivity contribution < 1.29 is 19.1 Å². The first-order chi connectivity index (χ1) is 21.8. The number of rotatable bonds is 11. The lowest BCUT2D eigenvalue weighted by Crippen LogP contribution is -2.41. The Bertz CT molecular complexity index is 1670. The van der Waals surface area contributed by atoms with Crippen LogP contribution in [-0.2, 0) is 18.8 Å². The van der Waals surface area contributed by atoms with Gasteiger partial charge in [-0.25, -0.2) is 0 Å². The number of aromatic nitrogens is 3. The molecule has 0 unspecified atom stereocenters. The van der Waals surface area contributed by atoms with Crippen molar-refractivity contribution in [2.24, 2.45) is 14.1 Å². The molecule has 234 valence electrons. The number of thioether (sulfide) groups is 1. The lowest BCUT2D eigenvalue weighted by Gasteiger charge is -2.26. The number of carbonyl (C=O) groups is 3. The number of pyridine rings is 1. The minimum Gasteiger partial charge on any atom is -0.379 e. The number of morpholine rings is 1. The lowest BCUT2D eigenvalue weighted by molar-refractivity contribution is 0.0383. The summed E-state index contributed by atoms with van der Waals surface area (Å²) in [5, 5.41) is 8.62. The van der Waals surface area contributed by atoms with Crippen molar-refractivity contribution in [2.45, 2.75) is 4.90 Å². The zero-order valence-electron chi connectivity index (χ0n) is 25.6.